The van der Waals surface area contributed by atoms with E-state index in [4.69, 9.17) is 5.26 Å². The first-order valence-electron chi connectivity index (χ1n) is 5.69. The van der Waals surface area contributed by atoms with E-state index in [1.165, 1.54) is 0 Å². The average molecular weight is 224 g/mol. The molecule has 1 saturated heterocycles. The van der Waals surface area contributed by atoms with Gasteiger partial charge in [-0.05, 0) is 6.42 Å². The molecule has 0 aliphatic carbocycles. The van der Waals surface area contributed by atoms with Crippen LogP contribution >= 0.6 is 0 Å². The number of carbonyl (C=O) groups is 1. The molecule has 0 aromatic carbocycles. The van der Waals surface area contributed by atoms with E-state index in [1.807, 2.05) is 0 Å². The number of likely N-dealkylation sites (N-methyl/N-ethyl adjacent to an activating group) is 1. The molecule has 1 amide bonds. The second kappa shape index (κ2) is 6.46. The number of nitrogens with one attached hydrogen (secondary N) is 1. The molecule has 90 valence electrons. The first kappa shape index (κ1) is 12.9. The molecule has 1 N–H and O–H groups in total. The van der Waals surface area contributed by atoms with Gasteiger partial charge in [0.2, 0.25) is 5.91 Å². The van der Waals surface area contributed by atoms with Crippen molar-refractivity contribution in [1.82, 2.24) is 15.1 Å². The monoisotopic (exact) mass is 224 g/mol. The third-order valence-electron chi connectivity index (χ3n) is 2.81. The Bertz CT molecular complexity index is 272. The van der Waals surface area contributed by atoms with E-state index >= 15 is 0 Å². The molecule has 1 heterocycles. The smallest absolute Gasteiger partial charge is 0.240 e. The van der Waals surface area contributed by atoms with Crippen molar-refractivity contribution in [3.8, 4) is 6.07 Å². The minimum Gasteiger partial charge on any atom is -0.347 e. The molecule has 5 heteroatoms. The SMILES string of the molecule is CN(C)C(=O)C1CNCCN1CCCC#N. The fourth-order valence-corrected chi connectivity index (χ4v) is 1.92. The normalized spacial score (nSPS) is 21.4. The Kier molecular flexibility index (Phi) is 5.23. The third-order valence-corrected chi connectivity index (χ3v) is 2.81. The Hall–Kier alpha value is -1.12. The topological polar surface area (TPSA) is 59.4 Å². The third kappa shape index (κ3) is 3.47. The number of hydrogen-bond acceptors (Lipinski definition) is 4. The zero-order valence-corrected chi connectivity index (χ0v) is 10.1. The van der Waals surface area contributed by atoms with Crippen LogP contribution in [0.1, 0.15) is 12.8 Å². The van der Waals surface area contributed by atoms with E-state index in [0.29, 0.717) is 13.0 Å². The predicted octanol–water partition coefficient (Wildman–Crippen LogP) is -0.348. The van der Waals surface area contributed by atoms with Crippen LogP contribution in [-0.4, -0.2) is 62.0 Å². The van der Waals surface area contributed by atoms with Crippen molar-refractivity contribution in [2.75, 3.05) is 40.3 Å². The van der Waals surface area contributed by atoms with E-state index in [-0.39, 0.29) is 11.9 Å². The summed E-state index contributed by atoms with van der Waals surface area (Å²) in [4.78, 5) is 15.7. The minimum atomic E-state index is -0.0672. The van der Waals surface area contributed by atoms with Gasteiger partial charge in [-0.15, -0.1) is 0 Å². The molecule has 0 aromatic rings. The first-order valence-corrected chi connectivity index (χ1v) is 5.69. The zero-order valence-electron chi connectivity index (χ0n) is 10.1. The molecule has 1 fully saturated rings. The Morgan fingerprint density at radius 3 is 3.00 bits per heavy atom. The van der Waals surface area contributed by atoms with Gasteiger partial charge in [-0.3, -0.25) is 9.69 Å². The highest BCUT2D eigenvalue weighted by Crippen LogP contribution is 2.07. The summed E-state index contributed by atoms with van der Waals surface area (Å²) >= 11 is 0. The molecule has 1 rings (SSSR count). The minimum absolute atomic E-state index is 0.0672. The van der Waals surface area contributed by atoms with Gasteiger partial charge in [0.05, 0.1) is 6.07 Å². The summed E-state index contributed by atoms with van der Waals surface area (Å²) in [5, 5.41) is 11.7. The summed E-state index contributed by atoms with van der Waals surface area (Å²) in [6.07, 6.45) is 1.40. The number of amides is 1. The summed E-state index contributed by atoms with van der Waals surface area (Å²) in [6.45, 7) is 3.35. The lowest BCUT2D eigenvalue weighted by molar-refractivity contribution is -0.135. The molecular weight excluding hydrogens is 204 g/mol. The molecule has 16 heavy (non-hydrogen) atoms. The van der Waals surface area contributed by atoms with Crippen molar-refractivity contribution in [3.63, 3.8) is 0 Å². The second-order valence-electron chi connectivity index (χ2n) is 4.25. The van der Waals surface area contributed by atoms with E-state index in [0.717, 1.165) is 26.1 Å². The van der Waals surface area contributed by atoms with Crippen LogP contribution in [0.15, 0.2) is 0 Å². The molecule has 1 aliphatic heterocycles. The first-order chi connectivity index (χ1) is 7.66. The summed E-state index contributed by atoms with van der Waals surface area (Å²) < 4.78 is 0. The summed E-state index contributed by atoms with van der Waals surface area (Å²) in [5.41, 5.74) is 0. The van der Waals surface area contributed by atoms with Gasteiger partial charge < -0.3 is 10.2 Å². The fourth-order valence-electron chi connectivity index (χ4n) is 1.92. The maximum absolute atomic E-state index is 11.9. The number of hydrogen-bond donors (Lipinski definition) is 1. The fraction of sp³-hybridized carbons (Fsp3) is 0.818. The van der Waals surface area contributed by atoms with Gasteiger partial charge in [0.15, 0.2) is 0 Å². The molecule has 0 bridgehead atoms. The van der Waals surface area contributed by atoms with Crippen molar-refractivity contribution < 1.29 is 4.79 Å². The van der Waals surface area contributed by atoms with Crippen LogP contribution < -0.4 is 5.32 Å². The van der Waals surface area contributed by atoms with Crippen LogP contribution in [0.25, 0.3) is 0 Å². The highest BCUT2D eigenvalue weighted by atomic mass is 16.2. The standard InChI is InChI=1S/C11H20N4O/c1-14(2)11(16)10-9-13-6-8-15(10)7-4-3-5-12/h10,13H,3-4,6-9H2,1-2H3. The van der Waals surface area contributed by atoms with Gasteiger partial charge in [0.25, 0.3) is 0 Å². The van der Waals surface area contributed by atoms with Crippen LogP contribution in [-0.2, 0) is 4.79 Å². The summed E-state index contributed by atoms with van der Waals surface area (Å²) in [6, 6.07) is 2.07. The lowest BCUT2D eigenvalue weighted by Gasteiger charge is -2.36. The summed E-state index contributed by atoms with van der Waals surface area (Å²) in [7, 11) is 3.56. The largest absolute Gasteiger partial charge is 0.347 e. The maximum Gasteiger partial charge on any atom is 0.240 e. The van der Waals surface area contributed by atoms with Crippen molar-refractivity contribution in [1.29, 1.82) is 5.26 Å². The van der Waals surface area contributed by atoms with Gasteiger partial charge in [-0.25, -0.2) is 0 Å². The predicted molar refractivity (Wildman–Crippen MR) is 61.8 cm³/mol. The quantitative estimate of drug-likeness (QED) is 0.663. The Labute approximate surface area is 97.0 Å². The number of piperazine rings is 1. The van der Waals surface area contributed by atoms with Crippen LogP contribution in [0, 0.1) is 11.3 Å². The van der Waals surface area contributed by atoms with E-state index in [1.54, 1.807) is 19.0 Å². The van der Waals surface area contributed by atoms with Gasteiger partial charge >= 0.3 is 0 Å². The molecule has 1 unspecified atom stereocenters. The van der Waals surface area contributed by atoms with E-state index in [9.17, 15) is 4.79 Å². The molecular formula is C11H20N4O. The zero-order chi connectivity index (χ0) is 12.0. The van der Waals surface area contributed by atoms with Crippen molar-refractivity contribution in [2.24, 2.45) is 0 Å². The Balaban J connectivity index is 2.50. The van der Waals surface area contributed by atoms with Crippen LogP contribution in [0.4, 0.5) is 0 Å². The Morgan fingerprint density at radius 1 is 1.62 bits per heavy atom. The number of nitrogens with zero attached hydrogens (tertiary/aromatic N) is 3. The van der Waals surface area contributed by atoms with Crippen LogP contribution in [0.2, 0.25) is 0 Å². The van der Waals surface area contributed by atoms with Gasteiger partial charge in [0, 0.05) is 46.7 Å². The molecule has 0 radical (unpaired) electrons. The number of rotatable bonds is 4. The van der Waals surface area contributed by atoms with E-state index < -0.39 is 0 Å². The number of nitriles is 1. The van der Waals surface area contributed by atoms with Crippen LogP contribution in [0.3, 0.4) is 0 Å². The molecule has 0 spiro atoms. The lowest BCUT2D eigenvalue weighted by Crippen LogP contribution is -2.57. The summed E-state index contributed by atoms with van der Waals surface area (Å²) in [5.74, 6) is 0.143. The highest BCUT2D eigenvalue weighted by molar-refractivity contribution is 5.81. The van der Waals surface area contributed by atoms with Gasteiger partial charge in [-0.2, -0.15) is 5.26 Å². The second-order valence-corrected chi connectivity index (χ2v) is 4.25. The molecule has 1 aliphatic rings. The molecule has 1 atom stereocenters. The highest BCUT2D eigenvalue weighted by Gasteiger charge is 2.28. The molecule has 0 saturated carbocycles. The lowest BCUT2D eigenvalue weighted by atomic mass is 10.1. The van der Waals surface area contributed by atoms with Gasteiger partial charge in [-0.1, -0.05) is 0 Å². The molecule has 0 aromatic heterocycles. The van der Waals surface area contributed by atoms with Crippen LogP contribution in [0.5, 0.6) is 0 Å². The van der Waals surface area contributed by atoms with Crippen molar-refractivity contribution in [3.05, 3.63) is 0 Å². The number of carbonyl (C=O) groups excluding carboxylic acids is 1. The van der Waals surface area contributed by atoms with Crippen molar-refractivity contribution in [2.45, 2.75) is 18.9 Å². The number of unbranched alkanes of at least 4 members (excludes halogenated alkanes) is 1. The van der Waals surface area contributed by atoms with Gasteiger partial charge in [0.1, 0.15) is 6.04 Å². The Morgan fingerprint density at radius 2 is 2.38 bits per heavy atom. The average Bonchev–Trinajstić information content (AvgIpc) is 2.29. The molecule has 5 nitrogen and oxygen atoms in total. The maximum atomic E-state index is 11.9. The van der Waals surface area contributed by atoms with Crippen molar-refractivity contribution >= 4 is 5.91 Å². The van der Waals surface area contributed by atoms with E-state index in [2.05, 4.69) is 16.3 Å².